The molecule has 8 heteroatoms. The quantitative estimate of drug-likeness (QED) is 0.684. The second-order valence-corrected chi connectivity index (χ2v) is 7.46. The van der Waals surface area contributed by atoms with E-state index in [-0.39, 0.29) is 24.4 Å². The number of carbonyl (C=O) groups excluding carboxylic acids is 1. The van der Waals surface area contributed by atoms with E-state index in [1.165, 1.54) is 11.8 Å². The second-order valence-electron chi connectivity index (χ2n) is 6.44. The van der Waals surface area contributed by atoms with Crippen molar-refractivity contribution in [3.63, 3.8) is 0 Å². The maximum atomic E-state index is 12.8. The minimum atomic E-state index is 0. The van der Waals surface area contributed by atoms with Crippen LogP contribution in [0.2, 0.25) is 0 Å². The fourth-order valence-corrected chi connectivity index (χ4v) is 3.17. The van der Waals surface area contributed by atoms with Crippen molar-refractivity contribution in [3.05, 3.63) is 41.5 Å². The summed E-state index contributed by atoms with van der Waals surface area (Å²) in [5.74, 6) is 2.11. The topological polar surface area (TPSA) is 85.2 Å². The maximum absolute atomic E-state index is 12.8. The number of amides is 1. The van der Waals surface area contributed by atoms with Crippen LogP contribution in [0.25, 0.3) is 0 Å². The number of aromatic nitrogens is 2. The first-order chi connectivity index (χ1) is 11.9. The van der Waals surface area contributed by atoms with E-state index in [4.69, 9.17) is 10.3 Å². The van der Waals surface area contributed by atoms with Crippen molar-refractivity contribution >= 4 is 30.1 Å². The summed E-state index contributed by atoms with van der Waals surface area (Å²) in [4.78, 5) is 19.6. The van der Waals surface area contributed by atoms with Crippen molar-refractivity contribution in [1.82, 2.24) is 15.0 Å². The van der Waals surface area contributed by atoms with Gasteiger partial charge in [0.1, 0.15) is 0 Å². The lowest BCUT2D eigenvalue weighted by molar-refractivity contribution is 0.0785. The lowest BCUT2D eigenvalue weighted by Gasteiger charge is -2.22. The molecule has 1 heterocycles. The van der Waals surface area contributed by atoms with Gasteiger partial charge in [0, 0.05) is 24.5 Å². The van der Waals surface area contributed by atoms with Crippen molar-refractivity contribution in [2.75, 3.05) is 13.6 Å². The Balaban J connectivity index is 0.00000338. The summed E-state index contributed by atoms with van der Waals surface area (Å²) in [5, 5.41) is 3.78. The lowest BCUT2D eigenvalue weighted by Crippen LogP contribution is -2.34. The molecule has 1 amide bonds. The molecule has 0 saturated heterocycles. The monoisotopic (exact) mass is 398 g/mol. The predicted molar refractivity (Wildman–Crippen MR) is 107 cm³/mol. The number of hydrogen-bond acceptors (Lipinski definition) is 6. The molecular weight excluding hydrogens is 372 g/mol. The van der Waals surface area contributed by atoms with Crippen molar-refractivity contribution < 1.29 is 9.32 Å². The van der Waals surface area contributed by atoms with Gasteiger partial charge in [-0.15, -0.1) is 24.2 Å². The Hall–Kier alpha value is -1.57. The van der Waals surface area contributed by atoms with E-state index in [0.717, 1.165) is 11.3 Å². The molecule has 1 unspecified atom stereocenters. The van der Waals surface area contributed by atoms with E-state index >= 15 is 0 Å². The number of carbonyl (C=O) groups is 1. The van der Waals surface area contributed by atoms with Gasteiger partial charge < -0.3 is 15.2 Å². The molecule has 2 rings (SSSR count). The van der Waals surface area contributed by atoms with Gasteiger partial charge in [-0.05, 0) is 31.4 Å². The van der Waals surface area contributed by atoms with Crippen LogP contribution in [0.5, 0.6) is 0 Å². The Morgan fingerprint density at radius 2 is 2.04 bits per heavy atom. The molecule has 0 radical (unpaired) electrons. The predicted octanol–water partition coefficient (Wildman–Crippen LogP) is 3.54. The van der Waals surface area contributed by atoms with Crippen molar-refractivity contribution in [3.8, 4) is 0 Å². The molecule has 0 aliphatic rings. The standard InChI is InChI=1S/C18H26N4O2S.ClH/c1-12(2)15(19)9-10-22(4)18(23)14-7-5-6-8-16(14)25-11-17-20-13(3)21-24-17;/h5-8,12,15H,9-11,19H2,1-4H3;1H. The van der Waals surface area contributed by atoms with E-state index in [1.54, 1.807) is 11.8 Å². The van der Waals surface area contributed by atoms with Gasteiger partial charge in [-0.3, -0.25) is 4.79 Å². The summed E-state index contributed by atoms with van der Waals surface area (Å²) in [5.41, 5.74) is 6.77. The van der Waals surface area contributed by atoms with E-state index in [9.17, 15) is 4.79 Å². The number of halogens is 1. The molecule has 0 bridgehead atoms. The molecule has 144 valence electrons. The Morgan fingerprint density at radius 1 is 1.35 bits per heavy atom. The van der Waals surface area contributed by atoms with Gasteiger partial charge in [-0.25, -0.2) is 0 Å². The first kappa shape index (κ1) is 22.5. The first-order valence-corrected chi connectivity index (χ1v) is 9.39. The summed E-state index contributed by atoms with van der Waals surface area (Å²) >= 11 is 1.52. The van der Waals surface area contributed by atoms with E-state index in [2.05, 4.69) is 24.0 Å². The van der Waals surface area contributed by atoms with Gasteiger partial charge in [0.25, 0.3) is 5.91 Å². The summed E-state index contributed by atoms with van der Waals surface area (Å²) < 4.78 is 5.13. The SMILES string of the molecule is Cc1noc(CSc2ccccc2C(=O)N(C)CCC(N)C(C)C)n1.Cl. The fraction of sp³-hybridized carbons (Fsp3) is 0.500. The highest BCUT2D eigenvalue weighted by Gasteiger charge is 2.18. The summed E-state index contributed by atoms with van der Waals surface area (Å²) in [6.07, 6.45) is 0.788. The van der Waals surface area contributed by atoms with E-state index in [0.29, 0.717) is 35.5 Å². The van der Waals surface area contributed by atoms with Gasteiger partial charge in [-0.1, -0.05) is 31.1 Å². The molecule has 6 nitrogen and oxygen atoms in total. The second kappa shape index (κ2) is 10.5. The maximum Gasteiger partial charge on any atom is 0.254 e. The van der Waals surface area contributed by atoms with Crippen LogP contribution in [0, 0.1) is 12.8 Å². The molecule has 1 aromatic carbocycles. The first-order valence-electron chi connectivity index (χ1n) is 8.40. The number of benzene rings is 1. The molecule has 2 aromatic rings. The fourth-order valence-electron chi connectivity index (χ4n) is 2.29. The van der Waals surface area contributed by atoms with Crippen LogP contribution in [-0.4, -0.2) is 40.6 Å². The highest BCUT2D eigenvalue weighted by atomic mass is 35.5. The largest absolute Gasteiger partial charge is 0.342 e. The van der Waals surface area contributed by atoms with E-state index in [1.807, 2.05) is 31.3 Å². The van der Waals surface area contributed by atoms with Crippen molar-refractivity contribution in [2.45, 2.75) is 43.9 Å². The molecule has 0 spiro atoms. The lowest BCUT2D eigenvalue weighted by atomic mass is 10.0. The Kier molecular flexibility index (Phi) is 9.12. The molecule has 2 N–H and O–H groups in total. The van der Waals surface area contributed by atoms with Gasteiger partial charge in [0.15, 0.2) is 5.82 Å². The minimum Gasteiger partial charge on any atom is -0.342 e. The van der Waals surface area contributed by atoms with Crippen LogP contribution in [0.3, 0.4) is 0 Å². The summed E-state index contributed by atoms with van der Waals surface area (Å²) in [6, 6.07) is 7.69. The summed E-state index contributed by atoms with van der Waals surface area (Å²) in [6.45, 7) is 6.61. The number of rotatable bonds is 8. The zero-order valence-electron chi connectivity index (χ0n) is 15.6. The van der Waals surface area contributed by atoms with E-state index < -0.39 is 0 Å². The third kappa shape index (κ3) is 6.30. The number of aryl methyl sites for hydroxylation is 1. The van der Waals surface area contributed by atoms with Gasteiger partial charge in [0.05, 0.1) is 11.3 Å². The third-order valence-corrected chi connectivity index (χ3v) is 5.10. The van der Waals surface area contributed by atoms with Crippen molar-refractivity contribution in [2.24, 2.45) is 11.7 Å². The molecule has 0 aliphatic heterocycles. The zero-order chi connectivity index (χ0) is 18.4. The van der Waals surface area contributed by atoms with Gasteiger partial charge in [0.2, 0.25) is 5.89 Å². The molecule has 0 saturated carbocycles. The Morgan fingerprint density at radius 3 is 2.65 bits per heavy atom. The highest BCUT2D eigenvalue weighted by molar-refractivity contribution is 7.98. The van der Waals surface area contributed by atoms with Crippen molar-refractivity contribution in [1.29, 1.82) is 0 Å². The molecule has 0 fully saturated rings. The molecule has 1 atom stereocenters. The van der Waals surface area contributed by atoms with Crippen LogP contribution in [-0.2, 0) is 5.75 Å². The molecule has 1 aromatic heterocycles. The zero-order valence-corrected chi connectivity index (χ0v) is 17.3. The van der Waals surface area contributed by atoms with Crippen LogP contribution in [0.15, 0.2) is 33.7 Å². The van der Waals surface area contributed by atoms with Gasteiger partial charge in [-0.2, -0.15) is 4.98 Å². The average molecular weight is 399 g/mol. The van der Waals surface area contributed by atoms with Gasteiger partial charge >= 0.3 is 0 Å². The smallest absolute Gasteiger partial charge is 0.254 e. The number of hydrogen-bond donors (Lipinski definition) is 1. The minimum absolute atomic E-state index is 0. The molecule has 26 heavy (non-hydrogen) atoms. The van der Waals surface area contributed by atoms with Crippen LogP contribution in [0.4, 0.5) is 0 Å². The van der Waals surface area contributed by atoms with Crippen LogP contribution in [0.1, 0.15) is 42.3 Å². The average Bonchev–Trinajstić information content (AvgIpc) is 3.02. The summed E-state index contributed by atoms with van der Waals surface area (Å²) in [7, 11) is 1.82. The highest BCUT2D eigenvalue weighted by Crippen LogP contribution is 2.26. The Labute approximate surface area is 165 Å². The Bertz CT molecular complexity index is 708. The van der Waals surface area contributed by atoms with Crippen LogP contribution < -0.4 is 5.73 Å². The number of thioether (sulfide) groups is 1. The molecular formula is C18H27ClN4O2S. The number of nitrogens with zero attached hydrogens (tertiary/aromatic N) is 3. The molecule has 0 aliphatic carbocycles. The van der Waals surface area contributed by atoms with Crippen LogP contribution >= 0.6 is 24.2 Å². The normalized spacial score (nSPS) is 11.9. The number of nitrogens with two attached hydrogens (primary N) is 1. The third-order valence-electron chi connectivity index (χ3n) is 4.04.